The van der Waals surface area contributed by atoms with Crippen LogP contribution in [0.5, 0.6) is 5.75 Å². The van der Waals surface area contributed by atoms with Gasteiger partial charge in [-0.15, -0.1) is 0 Å². The van der Waals surface area contributed by atoms with Crippen LogP contribution in [-0.4, -0.2) is 35.5 Å². The lowest BCUT2D eigenvalue weighted by atomic mass is 10.1. The van der Waals surface area contributed by atoms with Gasteiger partial charge in [-0.05, 0) is 36.8 Å². The number of carboxylic acids is 1. The van der Waals surface area contributed by atoms with Crippen LogP contribution in [0.3, 0.4) is 0 Å². The van der Waals surface area contributed by atoms with Crippen molar-refractivity contribution in [1.29, 1.82) is 0 Å². The fourth-order valence-corrected chi connectivity index (χ4v) is 2.93. The van der Waals surface area contributed by atoms with E-state index in [9.17, 15) is 14.4 Å². The number of nitrogens with zero attached hydrogens (tertiary/aromatic N) is 1. The molecule has 2 aromatic rings. The molecule has 140 valence electrons. The Bertz CT molecular complexity index is 880. The van der Waals surface area contributed by atoms with Gasteiger partial charge < -0.3 is 20.1 Å². The van der Waals surface area contributed by atoms with E-state index in [2.05, 4.69) is 5.32 Å². The summed E-state index contributed by atoms with van der Waals surface area (Å²) in [6.45, 7) is 2.08. The fraction of sp³-hybridized carbons (Fsp3) is 0.250. The number of aromatic carboxylic acids is 1. The van der Waals surface area contributed by atoms with Gasteiger partial charge in [0.2, 0.25) is 5.91 Å². The molecular weight excluding hydrogens is 348 g/mol. The van der Waals surface area contributed by atoms with Crippen LogP contribution < -0.4 is 15.0 Å². The van der Waals surface area contributed by atoms with Crippen LogP contribution >= 0.6 is 0 Å². The molecule has 0 aromatic heterocycles. The Morgan fingerprint density at radius 3 is 2.70 bits per heavy atom. The maximum atomic E-state index is 12.6. The number of nitrogens with one attached hydrogen (secondary N) is 1. The van der Waals surface area contributed by atoms with Gasteiger partial charge in [-0.2, -0.15) is 0 Å². The third-order valence-electron chi connectivity index (χ3n) is 4.29. The molecule has 3 rings (SSSR count). The molecule has 2 amide bonds. The minimum Gasteiger partial charge on any atom is -0.478 e. The highest BCUT2D eigenvalue weighted by molar-refractivity contribution is 6.01. The molecule has 1 unspecified atom stereocenters. The number of para-hydroxylation sites is 2. The van der Waals surface area contributed by atoms with Crippen molar-refractivity contribution in [3.63, 3.8) is 0 Å². The molecule has 0 aliphatic carbocycles. The lowest BCUT2D eigenvalue weighted by Crippen LogP contribution is -2.46. The van der Waals surface area contributed by atoms with Crippen molar-refractivity contribution in [2.75, 3.05) is 16.8 Å². The standard InChI is InChI=1S/C20H20N2O5/c1-2-16-19(24)22(15-8-3-4-9-17(15)27-16)11-10-18(23)21-14-7-5-6-13(12-14)20(25)26/h3-9,12,16H,2,10-11H2,1H3,(H,21,23)(H,25,26). The Kier molecular flexibility index (Phi) is 5.40. The van der Waals surface area contributed by atoms with Gasteiger partial charge in [0, 0.05) is 18.7 Å². The van der Waals surface area contributed by atoms with E-state index in [-0.39, 0.29) is 30.3 Å². The number of anilines is 2. The van der Waals surface area contributed by atoms with Crippen molar-refractivity contribution in [2.45, 2.75) is 25.9 Å². The molecule has 27 heavy (non-hydrogen) atoms. The predicted molar refractivity (Wildman–Crippen MR) is 100 cm³/mol. The van der Waals surface area contributed by atoms with Crippen LogP contribution in [0.1, 0.15) is 30.1 Å². The molecule has 0 saturated carbocycles. The maximum absolute atomic E-state index is 12.6. The first-order chi connectivity index (χ1) is 13.0. The summed E-state index contributed by atoms with van der Waals surface area (Å²) in [4.78, 5) is 37.5. The molecule has 1 atom stereocenters. The van der Waals surface area contributed by atoms with Crippen LogP contribution in [0.2, 0.25) is 0 Å². The number of carbonyl (C=O) groups excluding carboxylic acids is 2. The van der Waals surface area contributed by atoms with Gasteiger partial charge in [-0.3, -0.25) is 9.59 Å². The number of amides is 2. The highest BCUT2D eigenvalue weighted by Crippen LogP contribution is 2.34. The second kappa shape index (κ2) is 7.90. The lowest BCUT2D eigenvalue weighted by Gasteiger charge is -2.33. The predicted octanol–water partition coefficient (Wildman–Crippen LogP) is 2.92. The Labute approximate surface area is 156 Å². The van der Waals surface area contributed by atoms with Gasteiger partial charge in [-0.25, -0.2) is 4.79 Å². The molecule has 2 N–H and O–H groups in total. The van der Waals surface area contributed by atoms with E-state index >= 15 is 0 Å². The topological polar surface area (TPSA) is 95.9 Å². The third-order valence-corrected chi connectivity index (χ3v) is 4.29. The minimum absolute atomic E-state index is 0.0772. The largest absolute Gasteiger partial charge is 0.478 e. The summed E-state index contributed by atoms with van der Waals surface area (Å²) >= 11 is 0. The molecule has 1 heterocycles. The molecule has 0 bridgehead atoms. The summed E-state index contributed by atoms with van der Waals surface area (Å²) in [7, 11) is 0. The second-order valence-corrected chi connectivity index (χ2v) is 6.16. The number of hydrogen-bond donors (Lipinski definition) is 2. The summed E-state index contributed by atoms with van der Waals surface area (Å²) in [6, 6.07) is 13.3. The Morgan fingerprint density at radius 2 is 1.96 bits per heavy atom. The highest BCUT2D eigenvalue weighted by Gasteiger charge is 2.33. The summed E-state index contributed by atoms with van der Waals surface area (Å²) < 4.78 is 5.71. The van der Waals surface area contributed by atoms with Gasteiger partial charge in [0.25, 0.3) is 5.91 Å². The number of fused-ring (bicyclic) bond motifs is 1. The summed E-state index contributed by atoms with van der Waals surface area (Å²) in [5.41, 5.74) is 1.14. The highest BCUT2D eigenvalue weighted by atomic mass is 16.5. The zero-order valence-corrected chi connectivity index (χ0v) is 14.8. The number of carbonyl (C=O) groups is 3. The third kappa shape index (κ3) is 4.08. The molecule has 0 spiro atoms. The van der Waals surface area contributed by atoms with Crippen LogP contribution in [0, 0.1) is 0 Å². The van der Waals surface area contributed by atoms with Crippen LogP contribution in [0.25, 0.3) is 0 Å². The van der Waals surface area contributed by atoms with Crippen molar-refractivity contribution in [2.24, 2.45) is 0 Å². The number of rotatable bonds is 6. The zero-order valence-electron chi connectivity index (χ0n) is 14.8. The number of ether oxygens (including phenoxy) is 1. The van der Waals surface area contributed by atoms with Crippen LogP contribution in [-0.2, 0) is 9.59 Å². The van der Waals surface area contributed by atoms with E-state index in [1.807, 2.05) is 19.1 Å². The van der Waals surface area contributed by atoms with Crippen molar-refractivity contribution in [3.8, 4) is 5.75 Å². The van der Waals surface area contributed by atoms with E-state index in [0.717, 1.165) is 0 Å². The van der Waals surface area contributed by atoms with E-state index in [0.29, 0.717) is 23.5 Å². The van der Waals surface area contributed by atoms with Crippen LogP contribution in [0.15, 0.2) is 48.5 Å². The van der Waals surface area contributed by atoms with Crippen molar-refractivity contribution >= 4 is 29.2 Å². The summed E-state index contributed by atoms with van der Waals surface area (Å²) in [5.74, 6) is -0.912. The van der Waals surface area contributed by atoms with Crippen molar-refractivity contribution < 1.29 is 24.2 Å². The molecule has 7 nitrogen and oxygen atoms in total. The van der Waals surface area contributed by atoms with E-state index < -0.39 is 12.1 Å². The normalized spacial score (nSPS) is 15.7. The fourth-order valence-electron chi connectivity index (χ4n) is 2.93. The average molecular weight is 368 g/mol. The quantitative estimate of drug-likeness (QED) is 0.817. The first-order valence-electron chi connectivity index (χ1n) is 8.70. The van der Waals surface area contributed by atoms with Gasteiger partial charge in [-0.1, -0.05) is 25.1 Å². The molecule has 0 saturated heterocycles. The lowest BCUT2D eigenvalue weighted by molar-refractivity contribution is -0.126. The molecule has 7 heteroatoms. The Hall–Kier alpha value is -3.35. The van der Waals surface area contributed by atoms with Gasteiger partial charge in [0.1, 0.15) is 5.75 Å². The van der Waals surface area contributed by atoms with E-state index in [1.165, 1.54) is 12.1 Å². The smallest absolute Gasteiger partial charge is 0.335 e. The van der Waals surface area contributed by atoms with Gasteiger partial charge in [0.05, 0.1) is 11.3 Å². The molecule has 0 radical (unpaired) electrons. The number of benzene rings is 2. The Morgan fingerprint density at radius 1 is 1.19 bits per heavy atom. The molecule has 1 aliphatic heterocycles. The minimum atomic E-state index is -1.06. The molecule has 1 aliphatic rings. The number of hydrogen-bond acceptors (Lipinski definition) is 4. The van der Waals surface area contributed by atoms with E-state index in [4.69, 9.17) is 9.84 Å². The maximum Gasteiger partial charge on any atom is 0.335 e. The van der Waals surface area contributed by atoms with Crippen LogP contribution in [0.4, 0.5) is 11.4 Å². The van der Waals surface area contributed by atoms with Crippen molar-refractivity contribution in [1.82, 2.24) is 0 Å². The molecule has 0 fully saturated rings. The first-order valence-corrected chi connectivity index (χ1v) is 8.70. The number of carboxylic acid groups (broad SMARTS) is 1. The summed E-state index contributed by atoms with van der Waals surface area (Å²) in [5, 5.41) is 11.7. The van der Waals surface area contributed by atoms with E-state index in [1.54, 1.807) is 29.2 Å². The van der Waals surface area contributed by atoms with Gasteiger partial charge >= 0.3 is 5.97 Å². The van der Waals surface area contributed by atoms with Gasteiger partial charge in [0.15, 0.2) is 6.10 Å². The molecular formula is C20H20N2O5. The molecule has 2 aromatic carbocycles. The Balaban J connectivity index is 1.68. The first kappa shape index (κ1) is 18.4. The second-order valence-electron chi connectivity index (χ2n) is 6.16. The zero-order chi connectivity index (χ0) is 19.4. The SMILES string of the molecule is CCC1Oc2ccccc2N(CCC(=O)Nc2cccc(C(=O)O)c2)C1=O. The summed E-state index contributed by atoms with van der Waals surface area (Å²) in [6.07, 6.45) is 0.0567. The monoisotopic (exact) mass is 368 g/mol. The van der Waals surface area contributed by atoms with Crippen molar-refractivity contribution in [3.05, 3.63) is 54.1 Å². The average Bonchev–Trinajstić information content (AvgIpc) is 2.67.